The van der Waals surface area contributed by atoms with Gasteiger partial charge in [-0.1, -0.05) is 0 Å². The van der Waals surface area contributed by atoms with Crippen molar-refractivity contribution in [2.24, 2.45) is 11.5 Å². The average molecular weight is 318 g/mol. The van der Waals surface area contributed by atoms with Crippen LogP contribution in [0.15, 0.2) is 0 Å². The van der Waals surface area contributed by atoms with E-state index < -0.39 is 54.7 Å². The first-order valence-corrected chi connectivity index (χ1v) is 6.19. The van der Waals surface area contributed by atoms with Crippen LogP contribution in [0.25, 0.3) is 0 Å². The minimum absolute atomic E-state index is 0.000446. The van der Waals surface area contributed by atoms with Crippen molar-refractivity contribution < 1.29 is 34.2 Å². The number of carbonyl (C=O) groups is 5. The maximum absolute atomic E-state index is 11.5. The van der Waals surface area contributed by atoms with E-state index in [1.165, 1.54) is 0 Å². The highest BCUT2D eigenvalue weighted by molar-refractivity contribution is 5.90. The van der Waals surface area contributed by atoms with Crippen molar-refractivity contribution >= 4 is 29.7 Å². The Kier molecular flexibility index (Phi) is 8.15. The number of aliphatic carboxylic acids is 2. The number of amides is 3. The number of nitrogens with two attached hydrogens (primary N) is 2. The predicted octanol–water partition coefficient (Wildman–Crippen LogP) is -3.26. The molecule has 0 fully saturated rings. The molecule has 0 aliphatic heterocycles. The lowest BCUT2D eigenvalue weighted by Crippen LogP contribution is -2.49. The highest BCUT2D eigenvalue weighted by Gasteiger charge is 2.23. The molecule has 0 aliphatic carbocycles. The van der Waals surface area contributed by atoms with Gasteiger partial charge in [0.05, 0.1) is 19.0 Å². The Morgan fingerprint density at radius 1 is 1.09 bits per heavy atom. The van der Waals surface area contributed by atoms with Gasteiger partial charge < -0.3 is 32.3 Å². The summed E-state index contributed by atoms with van der Waals surface area (Å²) < 4.78 is 0. The predicted molar refractivity (Wildman–Crippen MR) is 71.2 cm³/mol. The third kappa shape index (κ3) is 8.47. The van der Waals surface area contributed by atoms with E-state index in [9.17, 15) is 24.0 Å². The maximum atomic E-state index is 11.5. The van der Waals surface area contributed by atoms with Crippen molar-refractivity contribution in [3.63, 3.8) is 0 Å². The third-order valence-corrected chi connectivity index (χ3v) is 2.47. The molecule has 0 aromatic carbocycles. The summed E-state index contributed by atoms with van der Waals surface area (Å²) in [6, 6.07) is -2.65. The van der Waals surface area contributed by atoms with Crippen molar-refractivity contribution in [3.8, 4) is 0 Å². The van der Waals surface area contributed by atoms with Crippen LogP contribution in [0.5, 0.6) is 0 Å². The fourth-order valence-corrected chi connectivity index (χ4v) is 1.35. The fraction of sp³-hybridized carbons (Fsp3) is 0.545. The minimum Gasteiger partial charge on any atom is -0.481 e. The van der Waals surface area contributed by atoms with Crippen molar-refractivity contribution in [2.45, 2.75) is 31.3 Å². The van der Waals surface area contributed by atoms with E-state index in [2.05, 4.69) is 5.32 Å². The summed E-state index contributed by atoms with van der Waals surface area (Å²) in [6.07, 6.45) is -0.896. The van der Waals surface area contributed by atoms with Crippen LogP contribution >= 0.6 is 0 Å². The molecule has 0 saturated heterocycles. The van der Waals surface area contributed by atoms with Gasteiger partial charge in [0.25, 0.3) is 0 Å². The van der Waals surface area contributed by atoms with Crippen LogP contribution in [-0.4, -0.2) is 58.5 Å². The second kappa shape index (κ2) is 9.28. The molecule has 0 bridgehead atoms. The highest BCUT2D eigenvalue weighted by Crippen LogP contribution is 1.94. The second-order valence-corrected chi connectivity index (χ2v) is 4.39. The molecule has 0 aliphatic rings. The van der Waals surface area contributed by atoms with Gasteiger partial charge in [0.1, 0.15) is 6.04 Å². The SMILES string of the molecule is NC(=O)CCC(N)C(=O)NCC(=O)NC(CC(=O)O)C(=O)O. The summed E-state index contributed by atoms with van der Waals surface area (Å²) in [7, 11) is 0. The molecule has 124 valence electrons. The lowest BCUT2D eigenvalue weighted by molar-refractivity contribution is -0.147. The summed E-state index contributed by atoms with van der Waals surface area (Å²) in [6.45, 7) is -0.577. The zero-order chi connectivity index (χ0) is 17.3. The number of carbonyl (C=O) groups excluding carboxylic acids is 3. The molecule has 11 heteroatoms. The lowest BCUT2D eigenvalue weighted by atomic mass is 10.1. The first kappa shape index (κ1) is 19.3. The summed E-state index contributed by atoms with van der Waals surface area (Å²) in [5.74, 6) is -5.14. The molecule has 0 rings (SSSR count). The van der Waals surface area contributed by atoms with Crippen LogP contribution in [0.1, 0.15) is 19.3 Å². The summed E-state index contributed by atoms with van der Waals surface area (Å²) >= 11 is 0. The number of hydrogen-bond donors (Lipinski definition) is 6. The fourth-order valence-electron chi connectivity index (χ4n) is 1.35. The number of nitrogens with one attached hydrogen (secondary N) is 2. The number of carboxylic acids is 2. The smallest absolute Gasteiger partial charge is 0.326 e. The van der Waals surface area contributed by atoms with Crippen molar-refractivity contribution in [1.82, 2.24) is 10.6 Å². The molecule has 3 amide bonds. The summed E-state index contributed by atoms with van der Waals surface area (Å²) in [5, 5.41) is 21.3. The Balaban J connectivity index is 4.25. The van der Waals surface area contributed by atoms with Gasteiger partial charge in [-0.15, -0.1) is 0 Å². The number of rotatable bonds is 10. The molecule has 11 nitrogen and oxygen atoms in total. The second-order valence-electron chi connectivity index (χ2n) is 4.39. The zero-order valence-electron chi connectivity index (χ0n) is 11.6. The van der Waals surface area contributed by atoms with Gasteiger partial charge in [-0.2, -0.15) is 0 Å². The van der Waals surface area contributed by atoms with Crippen LogP contribution in [0, 0.1) is 0 Å². The standard InChI is InChI=1S/C11H18N4O7/c12-5(1-2-7(13)16)10(20)14-4-8(17)15-6(11(21)22)3-9(18)19/h5-6H,1-4,12H2,(H2,13,16)(H,14,20)(H,15,17)(H,18,19)(H,21,22). The molecule has 22 heavy (non-hydrogen) atoms. The average Bonchev–Trinajstić information content (AvgIpc) is 2.40. The quantitative estimate of drug-likeness (QED) is 0.241. The number of carboxylic acid groups (broad SMARTS) is 2. The molecule has 0 aromatic heterocycles. The first-order valence-electron chi connectivity index (χ1n) is 6.19. The van der Waals surface area contributed by atoms with E-state index in [1.54, 1.807) is 0 Å². The van der Waals surface area contributed by atoms with Gasteiger partial charge in [-0.05, 0) is 6.42 Å². The van der Waals surface area contributed by atoms with E-state index in [1.807, 2.05) is 5.32 Å². The monoisotopic (exact) mass is 318 g/mol. The molecule has 2 unspecified atom stereocenters. The first-order chi connectivity index (χ1) is 10.1. The Morgan fingerprint density at radius 2 is 1.68 bits per heavy atom. The molecular formula is C11H18N4O7. The van der Waals surface area contributed by atoms with Gasteiger partial charge in [0, 0.05) is 6.42 Å². The zero-order valence-corrected chi connectivity index (χ0v) is 11.6. The number of hydrogen-bond acceptors (Lipinski definition) is 6. The van der Waals surface area contributed by atoms with E-state index >= 15 is 0 Å². The largest absolute Gasteiger partial charge is 0.481 e. The molecule has 2 atom stereocenters. The Hall–Kier alpha value is -2.69. The summed E-state index contributed by atoms with van der Waals surface area (Å²) in [5.41, 5.74) is 10.3. The van der Waals surface area contributed by atoms with Gasteiger partial charge >= 0.3 is 11.9 Å². The van der Waals surface area contributed by atoms with E-state index in [-0.39, 0.29) is 12.8 Å². The topological polar surface area (TPSA) is 202 Å². The van der Waals surface area contributed by atoms with Crippen molar-refractivity contribution in [2.75, 3.05) is 6.54 Å². The molecule has 0 heterocycles. The maximum Gasteiger partial charge on any atom is 0.326 e. The molecule has 0 spiro atoms. The van der Waals surface area contributed by atoms with Gasteiger partial charge in [0.15, 0.2) is 0 Å². The van der Waals surface area contributed by atoms with Crippen LogP contribution in [0.4, 0.5) is 0 Å². The van der Waals surface area contributed by atoms with Gasteiger partial charge in [-0.3, -0.25) is 19.2 Å². The Bertz CT molecular complexity index is 465. The Morgan fingerprint density at radius 3 is 2.14 bits per heavy atom. The molecule has 0 saturated carbocycles. The van der Waals surface area contributed by atoms with Crippen LogP contribution in [0.2, 0.25) is 0 Å². The molecule has 0 radical (unpaired) electrons. The normalized spacial score (nSPS) is 12.8. The highest BCUT2D eigenvalue weighted by atomic mass is 16.4. The summed E-state index contributed by atoms with van der Waals surface area (Å²) in [4.78, 5) is 54.6. The Labute approximate surface area is 125 Å². The van der Waals surface area contributed by atoms with Crippen LogP contribution in [0.3, 0.4) is 0 Å². The minimum atomic E-state index is -1.61. The van der Waals surface area contributed by atoms with E-state index in [0.29, 0.717) is 0 Å². The number of primary amides is 1. The van der Waals surface area contributed by atoms with Crippen molar-refractivity contribution in [3.05, 3.63) is 0 Å². The van der Waals surface area contributed by atoms with Crippen molar-refractivity contribution in [1.29, 1.82) is 0 Å². The van der Waals surface area contributed by atoms with E-state index in [0.717, 1.165) is 0 Å². The molecule has 8 N–H and O–H groups in total. The molecular weight excluding hydrogens is 300 g/mol. The van der Waals surface area contributed by atoms with Gasteiger partial charge in [0.2, 0.25) is 17.7 Å². The molecule has 0 aromatic rings. The van der Waals surface area contributed by atoms with Gasteiger partial charge in [-0.25, -0.2) is 4.79 Å². The van der Waals surface area contributed by atoms with Crippen LogP contribution < -0.4 is 22.1 Å². The van der Waals surface area contributed by atoms with E-state index in [4.69, 9.17) is 21.7 Å². The third-order valence-electron chi connectivity index (χ3n) is 2.47. The lowest BCUT2D eigenvalue weighted by Gasteiger charge is -2.14. The van der Waals surface area contributed by atoms with Crippen LogP contribution in [-0.2, 0) is 24.0 Å².